The van der Waals surface area contributed by atoms with Crippen molar-refractivity contribution in [3.8, 4) is 0 Å². The van der Waals surface area contributed by atoms with Gasteiger partial charge in [-0.1, -0.05) is 50.2 Å². The van der Waals surface area contributed by atoms with E-state index in [0.29, 0.717) is 11.3 Å². The summed E-state index contributed by atoms with van der Waals surface area (Å²) in [6.45, 7) is 15.0. The number of benzene rings is 3. The van der Waals surface area contributed by atoms with Crippen LogP contribution in [0.25, 0.3) is 53.8 Å². The minimum absolute atomic E-state index is 0.451. The predicted molar refractivity (Wildman–Crippen MR) is 146 cm³/mol. The highest BCUT2D eigenvalue weighted by molar-refractivity contribution is 6.27. The summed E-state index contributed by atoms with van der Waals surface area (Å²) in [6, 6.07) is 17.9. The molecule has 172 valence electrons. The Balaban J connectivity index is 1.71. The van der Waals surface area contributed by atoms with Crippen molar-refractivity contribution in [3.63, 3.8) is 0 Å². The Bertz CT molecular complexity index is 1850. The van der Waals surface area contributed by atoms with E-state index in [1.165, 1.54) is 80.3 Å². The van der Waals surface area contributed by atoms with E-state index in [1.54, 1.807) is 0 Å². The lowest BCUT2D eigenvalue weighted by atomic mass is 9.71. The third-order valence-electron chi connectivity index (χ3n) is 8.78. The molecule has 7 rings (SSSR count). The number of rotatable bonds is 1. The van der Waals surface area contributed by atoms with E-state index in [2.05, 4.69) is 84.2 Å². The number of aryl methyl sites for hydroxylation is 2. The molecule has 3 aromatic heterocycles. The lowest BCUT2D eigenvalue weighted by molar-refractivity contribution is -0.643. The van der Waals surface area contributed by atoms with Crippen LogP contribution in [-0.4, -0.2) is 4.40 Å². The number of pyridine rings is 2. The Labute approximate surface area is 205 Å². The average Bonchev–Trinajstić information content (AvgIpc) is 3.19. The highest BCUT2D eigenvalue weighted by atomic mass is 15.0. The Morgan fingerprint density at radius 1 is 0.971 bits per heavy atom. The van der Waals surface area contributed by atoms with Crippen molar-refractivity contribution in [2.75, 3.05) is 0 Å². The van der Waals surface area contributed by atoms with Crippen LogP contribution in [0.1, 0.15) is 56.6 Å². The normalized spacial score (nSPS) is 16.8. The molecular weight excluding hydrogens is 426 g/mol. The first-order valence-corrected chi connectivity index (χ1v) is 12.8. The van der Waals surface area contributed by atoms with Gasteiger partial charge < -0.3 is 4.40 Å². The van der Waals surface area contributed by atoms with Crippen LogP contribution >= 0.6 is 0 Å². The molecule has 6 aromatic rings. The molecule has 0 bridgehead atoms. The zero-order valence-electron chi connectivity index (χ0n) is 20.9. The van der Waals surface area contributed by atoms with E-state index in [1.807, 2.05) is 12.1 Å². The maximum Gasteiger partial charge on any atom is 0.224 e. The van der Waals surface area contributed by atoms with Crippen LogP contribution in [0.3, 0.4) is 0 Å². The number of para-hydroxylation sites is 1. The third kappa shape index (κ3) is 2.74. The minimum Gasteiger partial charge on any atom is -0.317 e. The average molecular weight is 457 g/mol. The first kappa shape index (κ1) is 20.7. The smallest absolute Gasteiger partial charge is 0.224 e. The van der Waals surface area contributed by atoms with Gasteiger partial charge in [-0.25, -0.2) is 9.41 Å². The quantitative estimate of drug-likeness (QED) is 0.102. The van der Waals surface area contributed by atoms with Gasteiger partial charge in [-0.3, -0.25) is 0 Å². The second-order valence-corrected chi connectivity index (χ2v) is 11.5. The van der Waals surface area contributed by atoms with Crippen molar-refractivity contribution in [2.45, 2.75) is 52.4 Å². The maximum absolute atomic E-state index is 7.96. The first-order chi connectivity index (χ1) is 16.9. The van der Waals surface area contributed by atoms with E-state index in [9.17, 15) is 0 Å². The summed E-state index contributed by atoms with van der Waals surface area (Å²) in [6.07, 6.45) is 7.27. The largest absolute Gasteiger partial charge is 0.317 e. The molecule has 0 radical (unpaired) electrons. The number of hydrogen-bond donors (Lipinski definition) is 0. The van der Waals surface area contributed by atoms with E-state index >= 15 is 0 Å². The molecular formula is C32H30N3+. The molecule has 1 aliphatic carbocycles. The molecule has 3 aromatic carbocycles. The van der Waals surface area contributed by atoms with Gasteiger partial charge in [-0.05, 0) is 71.9 Å². The molecule has 0 N–H and O–H groups in total. The van der Waals surface area contributed by atoms with Crippen LogP contribution in [-0.2, 0) is 7.05 Å². The van der Waals surface area contributed by atoms with Gasteiger partial charge in [-0.2, -0.15) is 0 Å². The number of nitrogens with zero attached hydrogens (tertiary/aromatic N) is 3. The summed E-state index contributed by atoms with van der Waals surface area (Å²) in [7, 11) is 2.16. The van der Waals surface area contributed by atoms with Crippen molar-refractivity contribution in [1.82, 2.24) is 4.40 Å². The molecule has 35 heavy (non-hydrogen) atoms. The Kier molecular flexibility index (Phi) is 4.11. The van der Waals surface area contributed by atoms with Crippen LogP contribution < -0.4 is 4.57 Å². The molecule has 0 aliphatic heterocycles. The SMILES string of the molecule is [C-]#[N+]c1cccc2c3ccc(C)c4c3n(c3cc(C5CCC(C)(C)CC5)cc5cc[n+](C)c4c53)c12. The Morgan fingerprint density at radius 2 is 1.74 bits per heavy atom. The molecule has 3 heteroatoms. The summed E-state index contributed by atoms with van der Waals surface area (Å²) >= 11 is 0. The Hall–Kier alpha value is -3.64. The van der Waals surface area contributed by atoms with E-state index in [0.717, 1.165) is 11.2 Å². The van der Waals surface area contributed by atoms with Gasteiger partial charge in [0.1, 0.15) is 7.05 Å². The molecule has 0 spiro atoms. The molecule has 3 nitrogen and oxygen atoms in total. The zero-order valence-corrected chi connectivity index (χ0v) is 20.9. The van der Waals surface area contributed by atoms with Gasteiger partial charge >= 0.3 is 0 Å². The molecule has 0 saturated heterocycles. The highest BCUT2D eigenvalue weighted by Gasteiger charge is 2.30. The van der Waals surface area contributed by atoms with Gasteiger partial charge in [0.05, 0.1) is 33.9 Å². The molecule has 1 aliphatic rings. The number of fused-ring (bicyclic) bond motifs is 5. The number of aromatic nitrogens is 2. The molecule has 1 fully saturated rings. The van der Waals surface area contributed by atoms with Gasteiger partial charge in [0.15, 0.2) is 6.20 Å². The predicted octanol–water partition coefficient (Wildman–Crippen LogP) is 8.36. The van der Waals surface area contributed by atoms with Crippen molar-refractivity contribution in [2.24, 2.45) is 12.5 Å². The molecule has 1 saturated carbocycles. The van der Waals surface area contributed by atoms with Crippen LogP contribution in [0.15, 0.2) is 54.7 Å². The molecule has 3 heterocycles. The summed E-state index contributed by atoms with van der Waals surface area (Å²) in [5.74, 6) is 0.595. The van der Waals surface area contributed by atoms with Crippen molar-refractivity contribution >= 4 is 54.7 Å². The minimum atomic E-state index is 0.451. The first-order valence-electron chi connectivity index (χ1n) is 12.8. The maximum atomic E-state index is 7.96. The summed E-state index contributed by atoms with van der Waals surface area (Å²) in [5, 5.41) is 6.30. The Morgan fingerprint density at radius 3 is 2.51 bits per heavy atom. The highest BCUT2D eigenvalue weighted by Crippen LogP contribution is 2.46. The van der Waals surface area contributed by atoms with E-state index in [-0.39, 0.29) is 0 Å². The molecule has 0 unspecified atom stereocenters. The van der Waals surface area contributed by atoms with Gasteiger partial charge in [0.25, 0.3) is 0 Å². The standard InChI is InChI=1S/C32H30N3/c1-19-9-10-24-23-7-6-8-25(33-4)29(23)35-26-18-22(20-11-14-32(2,3)15-12-20)17-21-13-16-34(5)31(28(21)26)27(19)30(24)35/h6-10,13,16-18,20H,11-12,14-15H2,1-3,5H3/q+1. The molecule has 0 atom stereocenters. The fourth-order valence-electron chi connectivity index (χ4n) is 6.82. The van der Waals surface area contributed by atoms with Crippen LogP contribution in [0.4, 0.5) is 5.69 Å². The zero-order chi connectivity index (χ0) is 24.1. The number of hydrogen-bond acceptors (Lipinski definition) is 0. The molecule has 0 amide bonds. The third-order valence-corrected chi connectivity index (χ3v) is 8.78. The van der Waals surface area contributed by atoms with Crippen LogP contribution in [0.5, 0.6) is 0 Å². The lowest BCUT2D eigenvalue weighted by Crippen LogP contribution is -2.29. The van der Waals surface area contributed by atoms with Crippen molar-refractivity contribution < 1.29 is 4.57 Å². The second-order valence-electron chi connectivity index (χ2n) is 11.5. The van der Waals surface area contributed by atoms with Gasteiger partial charge in [0, 0.05) is 11.5 Å². The van der Waals surface area contributed by atoms with Gasteiger partial charge in [-0.15, -0.1) is 0 Å². The van der Waals surface area contributed by atoms with Gasteiger partial charge in [0.2, 0.25) is 11.2 Å². The van der Waals surface area contributed by atoms with E-state index < -0.39 is 0 Å². The van der Waals surface area contributed by atoms with Crippen LogP contribution in [0.2, 0.25) is 0 Å². The topological polar surface area (TPSA) is 12.6 Å². The lowest BCUT2D eigenvalue weighted by Gasteiger charge is -2.34. The summed E-state index contributed by atoms with van der Waals surface area (Å²) in [4.78, 5) is 3.97. The van der Waals surface area contributed by atoms with Crippen molar-refractivity contribution in [1.29, 1.82) is 0 Å². The van der Waals surface area contributed by atoms with E-state index in [4.69, 9.17) is 6.57 Å². The van der Waals surface area contributed by atoms with Crippen LogP contribution in [0, 0.1) is 18.9 Å². The van der Waals surface area contributed by atoms with Crippen molar-refractivity contribution in [3.05, 3.63) is 77.3 Å². The monoisotopic (exact) mass is 456 g/mol. The summed E-state index contributed by atoms with van der Waals surface area (Å²) in [5.41, 5.74) is 8.72. The summed E-state index contributed by atoms with van der Waals surface area (Å²) < 4.78 is 4.71. The fraction of sp³-hybridized carbons (Fsp3) is 0.312. The second kappa shape index (κ2) is 6.95. The fourth-order valence-corrected chi connectivity index (χ4v) is 6.82.